The van der Waals surface area contributed by atoms with Gasteiger partial charge in [0.15, 0.2) is 0 Å². The fraction of sp³-hybridized carbons (Fsp3) is 0.362. The van der Waals surface area contributed by atoms with E-state index in [1.54, 1.807) is 11.0 Å². The van der Waals surface area contributed by atoms with Gasteiger partial charge in [-0.15, -0.1) is 0 Å². The molecule has 4 aromatic carbocycles. The number of nitrogens with zero attached hydrogens (tertiary/aromatic N) is 4. The van der Waals surface area contributed by atoms with Gasteiger partial charge in [0.05, 0.1) is 5.56 Å². The number of carboxylic acid groups (broad SMARTS) is 1. The van der Waals surface area contributed by atoms with Crippen LogP contribution >= 0.6 is 0 Å². The minimum Gasteiger partial charge on any atom is -0.478 e. The van der Waals surface area contributed by atoms with Gasteiger partial charge in [-0.3, -0.25) is 24.6 Å². The number of nitrogens with one attached hydrogen (secondary N) is 1. The molecule has 0 unspecified atom stereocenters. The highest BCUT2D eigenvalue weighted by Crippen LogP contribution is 2.41. The highest BCUT2D eigenvalue weighted by Gasteiger charge is 2.39. The molecule has 0 aromatic heterocycles. The molecule has 1 aliphatic carbocycles. The first kappa shape index (κ1) is 36.9. The molecular weight excluding hydrogens is 715 g/mol. The molecule has 3 saturated heterocycles. The van der Waals surface area contributed by atoms with Gasteiger partial charge in [-0.2, -0.15) is 0 Å². The smallest absolute Gasteiger partial charge is 0.335 e. The summed E-state index contributed by atoms with van der Waals surface area (Å²) in [4.78, 5) is 58.3. The van der Waals surface area contributed by atoms with E-state index in [1.165, 1.54) is 28.0 Å². The largest absolute Gasteiger partial charge is 0.478 e. The Balaban J connectivity index is 0.806. The number of carboxylic acids is 1. The van der Waals surface area contributed by atoms with Crippen LogP contribution in [0.3, 0.4) is 0 Å². The minimum atomic E-state index is -0.887. The van der Waals surface area contributed by atoms with Crippen LogP contribution in [-0.4, -0.2) is 90.5 Å². The van der Waals surface area contributed by atoms with Crippen molar-refractivity contribution in [2.45, 2.75) is 57.5 Å². The quantitative estimate of drug-likeness (QED) is 0.196. The van der Waals surface area contributed by atoms with Crippen molar-refractivity contribution in [3.05, 3.63) is 130 Å². The fourth-order valence-corrected chi connectivity index (χ4v) is 9.70. The molecule has 292 valence electrons. The number of carbonyl (C=O) groups excluding carboxylic acids is 3. The Morgan fingerprint density at radius 1 is 0.684 bits per heavy atom. The first-order valence-corrected chi connectivity index (χ1v) is 20.5. The van der Waals surface area contributed by atoms with Gasteiger partial charge >= 0.3 is 5.97 Å². The maximum absolute atomic E-state index is 13.2. The van der Waals surface area contributed by atoms with E-state index in [2.05, 4.69) is 80.7 Å². The average Bonchev–Trinajstić information content (AvgIpc) is 3.43. The second-order valence-electron chi connectivity index (χ2n) is 16.3. The molecule has 3 amide bonds. The molecule has 0 saturated carbocycles. The van der Waals surface area contributed by atoms with Crippen LogP contribution < -0.4 is 15.1 Å². The van der Waals surface area contributed by atoms with Gasteiger partial charge < -0.3 is 19.8 Å². The first-order valence-electron chi connectivity index (χ1n) is 20.5. The van der Waals surface area contributed by atoms with E-state index in [4.69, 9.17) is 0 Å². The summed E-state index contributed by atoms with van der Waals surface area (Å²) in [6, 6.07) is 30.7. The summed E-state index contributed by atoms with van der Waals surface area (Å²) in [5.74, 6) is -1.01. The molecule has 10 heteroatoms. The zero-order valence-electron chi connectivity index (χ0n) is 32.3. The number of fused-ring (bicyclic) bond motifs is 2. The maximum Gasteiger partial charge on any atom is 0.335 e. The van der Waals surface area contributed by atoms with E-state index in [9.17, 15) is 24.3 Å². The predicted molar refractivity (Wildman–Crippen MR) is 221 cm³/mol. The summed E-state index contributed by atoms with van der Waals surface area (Å²) in [5, 5.41) is 12.1. The summed E-state index contributed by atoms with van der Waals surface area (Å²) < 4.78 is 0. The van der Waals surface area contributed by atoms with Crippen LogP contribution in [0.15, 0.2) is 91.0 Å². The number of piperazine rings is 1. The SMILES string of the molecule is O=C1CC[C@@H](N2Cc3cc(N4CCN(CC5CCN(c6ccc(C7=C(c8ccccc8)CCCc8cc(C(=O)O)ccc87)cc6)CC5)CC4)ccc3C2=O)C(=O)N1. The normalized spacial score (nSPS) is 20.7. The molecule has 4 aromatic rings. The fourth-order valence-electron chi connectivity index (χ4n) is 9.70. The summed E-state index contributed by atoms with van der Waals surface area (Å²) in [6.07, 6.45) is 5.71. The third kappa shape index (κ3) is 7.46. The molecule has 3 fully saturated rings. The van der Waals surface area contributed by atoms with E-state index in [1.807, 2.05) is 24.3 Å². The van der Waals surface area contributed by atoms with Crippen molar-refractivity contribution in [2.75, 3.05) is 55.6 Å². The van der Waals surface area contributed by atoms with Crippen LogP contribution in [0.1, 0.15) is 87.1 Å². The Labute approximate surface area is 333 Å². The third-order valence-corrected chi connectivity index (χ3v) is 12.8. The highest BCUT2D eigenvalue weighted by atomic mass is 16.4. The number of benzene rings is 4. The summed E-state index contributed by atoms with van der Waals surface area (Å²) in [6.45, 7) is 7.45. The van der Waals surface area contributed by atoms with Crippen molar-refractivity contribution in [3.63, 3.8) is 0 Å². The molecule has 57 heavy (non-hydrogen) atoms. The zero-order chi connectivity index (χ0) is 39.0. The summed E-state index contributed by atoms with van der Waals surface area (Å²) >= 11 is 0. The van der Waals surface area contributed by atoms with E-state index < -0.39 is 12.0 Å². The lowest BCUT2D eigenvalue weighted by Gasteiger charge is -2.40. The molecule has 0 radical (unpaired) electrons. The molecule has 0 spiro atoms. The van der Waals surface area contributed by atoms with Gasteiger partial charge in [0.2, 0.25) is 11.8 Å². The summed E-state index contributed by atoms with van der Waals surface area (Å²) in [7, 11) is 0. The standard InChI is InChI=1S/C47H49N5O5/c53-43-18-17-42(45(54)48-43)52-30-36-28-38(14-16-41(36)46(52)55)51-25-23-49(24-26-51)29-31-19-21-50(22-20-31)37-12-9-33(10-13-37)44-39(32-5-2-1-3-6-32)8-4-7-34-27-35(47(56)57)11-15-40(34)44/h1-3,5-6,9-16,27-28,31,42H,4,7-8,17-26,29-30H2,(H,56,57)(H,48,53,54)/t42-/m1/s1. The van der Waals surface area contributed by atoms with Crippen molar-refractivity contribution in [1.82, 2.24) is 15.1 Å². The van der Waals surface area contributed by atoms with E-state index in [0.29, 0.717) is 30.0 Å². The molecule has 1 atom stereocenters. The van der Waals surface area contributed by atoms with Crippen LogP contribution in [0, 0.1) is 5.92 Å². The number of hydrogen-bond acceptors (Lipinski definition) is 7. The van der Waals surface area contributed by atoms with Gasteiger partial charge in [-0.05, 0) is 126 Å². The summed E-state index contributed by atoms with van der Waals surface area (Å²) in [5.41, 5.74) is 11.5. The molecule has 4 aliphatic heterocycles. The van der Waals surface area contributed by atoms with E-state index >= 15 is 0 Å². The number of rotatable bonds is 8. The van der Waals surface area contributed by atoms with Gasteiger partial charge in [0.25, 0.3) is 5.91 Å². The van der Waals surface area contributed by atoms with Crippen molar-refractivity contribution in [1.29, 1.82) is 0 Å². The Morgan fingerprint density at radius 3 is 2.14 bits per heavy atom. The average molecular weight is 764 g/mol. The number of hydrogen-bond donors (Lipinski definition) is 2. The van der Waals surface area contributed by atoms with Crippen molar-refractivity contribution in [3.8, 4) is 0 Å². The molecule has 9 rings (SSSR count). The Bertz CT molecular complexity index is 2240. The number of piperidine rings is 2. The number of allylic oxidation sites excluding steroid dienone is 1. The van der Waals surface area contributed by atoms with Gasteiger partial charge in [0, 0.05) is 75.7 Å². The highest BCUT2D eigenvalue weighted by molar-refractivity contribution is 6.05. The molecule has 0 bridgehead atoms. The number of amides is 3. The van der Waals surface area contributed by atoms with Crippen molar-refractivity contribution >= 4 is 46.2 Å². The predicted octanol–water partition coefficient (Wildman–Crippen LogP) is 6.48. The van der Waals surface area contributed by atoms with Crippen molar-refractivity contribution in [2.24, 2.45) is 5.92 Å². The van der Waals surface area contributed by atoms with Crippen LogP contribution in [0.2, 0.25) is 0 Å². The molecule has 5 aliphatic rings. The zero-order valence-corrected chi connectivity index (χ0v) is 32.3. The number of imide groups is 1. The Kier molecular flexibility index (Phi) is 10.1. The number of aryl methyl sites for hydroxylation is 1. The van der Waals surface area contributed by atoms with Crippen LogP contribution in [0.4, 0.5) is 11.4 Å². The lowest BCUT2D eigenvalue weighted by Crippen LogP contribution is -2.52. The second kappa shape index (κ2) is 15.7. The molecular formula is C47H49N5O5. The Morgan fingerprint density at radius 2 is 1.40 bits per heavy atom. The van der Waals surface area contributed by atoms with Crippen LogP contribution in [0.25, 0.3) is 11.1 Å². The van der Waals surface area contributed by atoms with Crippen LogP contribution in [0.5, 0.6) is 0 Å². The topological polar surface area (TPSA) is 114 Å². The third-order valence-electron chi connectivity index (χ3n) is 12.8. The van der Waals surface area contributed by atoms with Gasteiger partial charge in [-0.1, -0.05) is 48.5 Å². The number of aromatic carboxylic acids is 1. The second-order valence-corrected chi connectivity index (χ2v) is 16.3. The lowest BCUT2D eigenvalue weighted by atomic mass is 9.87. The maximum atomic E-state index is 13.2. The first-order chi connectivity index (χ1) is 27.8. The van der Waals surface area contributed by atoms with E-state index in [-0.39, 0.29) is 24.1 Å². The van der Waals surface area contributed by atoms with Gasteiger partial charge in [-0.25, -0.2) is 4.79 Å². The monoisotopic (exact) mass is 763 g/mol. The minimum absolute atomic E-state index is 0.131. The van der Waals surface area contributed by atoms with Gasteiger partial charge in [0.1, 0.15) is 6.04 Å². The van der Waals surface area contributed by atoms with E-state index in [0.717, 1.165) is 100 Å². The number of carbonyl (C=O) groups is 4. The molecule has 4 heterocycles. The molecule has 2 N–H and O–H groups in total. The lowest BCUT2D eigenvalue weighted by molar-refractivity contribution is -0.136. The number of anilines is 2. The molecule has 10 nitrogen and oxygen atoms in total. The van der Waals surface area contributed by atoms with Crippen LogP contribution in [-0.2, 0) is 22.6 Å². The van der Waals surface area contributed by atoms with Crippen molar-refractivity contribution < 1.29 is 24.3 Å². The Hall–Kier alpha value is -5.74.